The lowest BCUT2D eigenvalue weighted by atomic mass is 10.0. The number of hydrogen-bond acceptors (Lipinski definition) is 2. The lowest BCUT2D eigenvalue weighted by Gasteiger charge is -2.07. The first-order valence-corrected chi connectivity index (χ1v) is 7.06. The molecule has 1 aromatic heterocycles. The van der Waals surface area contributed by atoms with Crippen LogP contribution in [0.25, 0.3) is 0 Å². The molecule has 0 aliphatic rings. The summed E-state index contributed by atoms with van der Waals surface area (Å²) in [4.78, 5) is 0. The molecule has 1 N–H and O–H groups in total. The van der Waals surface area contributed by atoms with Gasteiger partial charge in [0, 0.05) is 12.1 Å². The van der Waals surface area contributed by atoms with E-state index in [1.165, 1.54) is 23.1 Å². The third-order valence-corrected chi connectivity index (χ3v) is 3.37. The van der Waals surface area contributed by atoms with Gasteiger partial charge < -0.3 is 9.73 Å². The Morgan fingerprint density at radius 3 is 2.47 bits per heavy atom. The van der Waals surface area contributed by atoms with Crippen LogP contribution in [0.4, 0.5) is 0 Å². The second kappa shape index (κ2) is 7.15. The number of rotatable bonds is 7. The lowest BCUT2D eigenvalue weighted by molar-refractivity contribution is 0.559. The van der Waals surface area contributed by atoms with Gasteiger partial charge in [-0.25, -0.2) is 0 Å². The van der Waals surface area contributed by atoms with Gasteiger partial charge in [-0.15, -0.1) is 0 Å². The van der Waals surface area contributed by atoms with E-state index in [1.54, 1.807) is 12.5 Å². The molecule has 0 amide bonds. The van der Waals surface area contributed by atoms with Crippen molar-refractivity contribution >= 4 is 0 Å². The fraction of sp³-hybridized carbons (Fsp3) is 0.412. The fourth-order valence-electron chi connectivity index (χ4n) is 2.11. The van der Waals surface area contributed by atoms with E-state index in [4.69, 9.17) is 4.42 Å². The first-order chi connectivity index (χ1) is 9.25. The molecule has 0 spiro atoms. The lowest BCUT2D eigenvalue weighted by Crippen LogP contribution is -2.14. The van der Waals surface area contributed by atoms with E-state index >= 15 is 0 Å². The number of furan rings is 1. The summed E-state index contributed by atoms with van der Waals surface area (Å²) in [6.45, 7) is 6.39. The van der Waals surface area contributed by atoms with E-state index in [-0.39, 0.29) is 0 Å². The summed E-state index contributed by atoms with van der Waals surface area (Å²) >= 11 is 0. The largest absolute Gasteiger partial charge is 0.472 e. The molecule has 2 aromatic rings. The second-order valence-electron chi connectivity index (χ2n) is 5.31. The first kappa shape index (κ1) is 13.9. The van der Waals surface area contributed by atoms with E-state index in [1.807, 2.05) is 6.07 Å². The molecule has 102 valence electrons. The van der Waals surface area contributed by atoms with Gasteiger partial charge in [0.15, 0.2) is 0 Å². The highest BCUT2D eigenvalue weighted by atomic mass is 16.3. The molecule has 2 nitrogen and oxygen atoms in total. The van der Waals surface area contributed by atoms with Crippen LogP contribution in [-0.4, -0.2) is 6.54 Å². The molecule has 0 fully saturated rings. The summed E-state index contributed by atoms with van der Waals surface area (Å²) < 4.78 is 5.03. The highest BCUT2D eigenvalue weighted by Crippen LogP contribution is 2.15. The third-order valence-electron chi connectivity index (χ3n) is 3.37. The molecule has 0 aliphatic heterocycles. The fourth-order valence-corrected chi connectivity index (χ4v) is 2.11. The Kier molecular flexibility index (Phi) is 5.22. The minimum absolute atomic E-state index is 0.616. The Bertz CT molecular complexity index is 457. The molecular formula is C17H23NO. The summed E-state index contributed by atoms with van der Waals surface area (Å²) in [6.07, 6.45) is 5.81. The molecule has 0 bridgehead atoms. The van der Waals surface area contributed by atoms with Gasteiger partial charge in [-0.1, -0.05) is 38.1 Å². The molecule has 2 rings (SSSR count). The Balaban J connectivity index is 1.65. The van der Waals surface area contributed by atoms with Crippen molar-refractivity contribution in [1.82, 2.24) is 5.32 Å². The summed E-state index contributed by atoms with van der Waals surface area (Å²) in [7, 11) is 0. The van der Waals surface area contributed by atoms with Gasteiger partial charge in [-0.2, -0.15) is 0 Å². The van der Waals surface area contributed by atoms with Crippen LogP contribution in [0, 0.1) is 0 Å². The van der Waals surface area contributed by atoms with Gasteiger partial charge in [0.1, 0.15) is 0 Å². The quantitative estimate of drug-likeness (QED) is 0.755. The van der Waals surface area contributed by atoms with Crippen molar-refractivity contribution in [2.24, 2.45) is 0 Å². The maximum atomic E-state index is 5.03. The summed E-state index contributed by atoms with van der Waals surface area (Å²) in [5, 5.41) is 3.43. The van der Waals surface area contributed by atoms with Crippen LogP contribution >= 0.6 is 0 Å². The zero-order valence-corrected chi connectivity index (χ0v) is 11.9. The zero-order valence-electron chi connectivity index (χ0n) is 11.9. The highest BCUT2D eigenvalue weighted by molar-refractivity contribution is 5.24. The van der Waals surface area contributed by atoms with Gasteiger partial charge in [0.05, 0.1) is 12.5 Å². The molecule has 0 unspecified atom stereocenters. The normalized spacial score (nSPS) is 11.1. The third kappa shape index (κ3) is 4.56. The van der Waals surface area contributed by atoms with Crippen LogP contribution in [0.1, 0.15) is 42.9 Å². The monoisotopic (exact) mass is 257 g/mol. The minimum atomic E-state index is 0.616. The Morgan fingerprint density at radius 2 is 1.84 bits per heavy atom. The maximum Gasteiger partial charge on any atom is 0.0947 e. The summed E-state index contributed by atoms with van der Waals surface area (Å²) in [5.74, 6) is 0.616. The number of hydrogen-bond donors (Lipinski definition) is 1. The van der Waals surface area contributed by atoms with E-state index in [2.05, 4.69) is 43.4 Å². The molecule has 0 saturated carbocycles. The SMILES string of the molecule is CC(C)c1ccc(CCCNCc2ccoc2)cc1. The van der Waals surface area contributed by atoms with E-state index in [9.17, 15) is 0 Å². The molecule has 19 heavy (non-hydrogen) atoms. The molecule has 1 aromatic carbocycles. The number of benzene rings is 1. The van der Waals surface area contributed by atoms with Crippen molar-refractivity contribution < 1.29 is 4.42 Å². The summed E-state index contributed by atoms with van der Waals surface area (Å²) in [5.41, 5.74) is 4.05. The number of nitrogens with one attached hydrogen (secondary N) is 1. The van der Waals surface area contributed by atoms with Gasteiger partial charge in [-0.05, 0) is 42.5 Å². The predicted molar refractivity (Wildman–Crippen MR) is 79.3 cm³/mol. The topological polar surface area (TPSA) is 25.2 Å². The minimum Gasteiger partial charge on any atom is -0.472 e. The van der Waals surface area contributed by atoms with E-state index in [0.717, 1.165) is 19.5 Å². The number of aryl methyl sites for hydroxylation is 1. The van der Waals surface area contributed by atoms with Crippen molar-refractivity contribution in [2.45, 2.75) is 39.2 Å². The van der Waals surface area contributed by atoms with Gasteiger partial charge in [-0.3, -0.25) is 0 Å². The first-order valence-electron chi connectivity index (χ1n) is 7.06. The van der Waals surface area contributed by atoms with Crippen molar-refractivity contribution in [3.63, 3.8) is 0 Å². The van der Waals surface area contributed by atoms with Crippen molar-refractivity contribution in [3.05, 3.63) is 59.5 Å². The maximum absolute atomic E-state index is 5.03. The van der Waals surface area contributed by atoms with Gasteiger partial charge >= 0.3 is 0 Å². The highest BCUT2D eigenvalue weighted by Gasteiger charge is 1.99. The van der Waals surface area contributed by atoms with Crippen LogP contribution in [0.5, 0.6) is 0 Å². The summed E-state index contributed by atoms with van der Waals surface area (Å²) in [6, 6.07) is 11.0. The molecular weight excluding hydrogens is 234 g/mol. The standard InChI is InChI=1S/C17H23NO/c1-14(2)17-7-5-15(6-8-17)4-3-10-18-12-16-9-11-19-13-16/h5-9,11,13-14,18H,3-4,10,12H2,1-2H3. The molecule has 0 atom stereocenters. The van der Waals surface area contributed by atoms with Crippen molar-refractivity contribution in [2.75, 3.05) is 6.54 Å². The van der Waals surface area contributed by atoms with Crippen LogP contribution in [0.15, 0.2) is 47.3 Å². The van der Waals surface area contributed by atoms with Crippen LogP contribution in [0.2, 0.25) is 0 Å². The Hall–Kier alpha value is -1.54. The average Bonchev–Trinajstić information content (AvgIpc) is 2.92. The average molecular weight is 257 g/mol. The molecule has 0 aliphatic carbocycles. The predicted octanol–water partition coefficient (Wildman–Crippen LogP) is 4.13. The van der Waals surface area contributed by atoms with Crippen LogP contribution in [-0.2, 0) is 13.0 Å². The molecule has 2 heteroatoms. The van der Waals surface area contributed by atoms with E-state index in [0.29, 0.717) is 5.92 Å². The molecule has 0 saturated heterocycles. The molecule has 1 heterocycles. The Labute approximate surface area is 115 Å². The van der Waals surface area contributed by atoms with Crippen molar-refractivity contribution in [3.8, 4) is 0 Å². The van der Waals surface area contributed by atoms with Crippen LogP contribution < -0.4 is 5.32 Å². The Morgan fingerprint density at radius 1 is 1.05 bits per heavy atom. The van der Waals surface area contributed by atoms with Crippen molar-refractivity contribution in [1.29, 1.82) is 0 Å². The van der Waals surface area contributed by atoms with E-state index < -0.39 is 0 Å². The molecule has 0 radical (unpaired) electrons. The van der Waals surface area contributed by atoms with Gasteiger partial charge in [0.25, 0.3) is 0 Å². The zero-order chi connectivity index (χ0) is 13.5. The second-order valence-corrected chi connectivity index (χ2v) is 5.31. The van der Waals surface area contributed by atoms with Gasteiger partial charge in [0.2, 0.25) is 0 Å². The smallest absolute Gasteiger partial charge is 0.0947 e. The van der Waals surface area contributed by atoms with Crippen LogP contribution in [0.3, 0.4) is 0 Å².